The third kappa shape index (κ3) is 3.94. The van der Waals surface area contributed by atoms with Gasteiger partial charge < -0.3 is 4.74 Å². The molecule has 4 aromatic rings. The first kappa shape index (κ1) is 17.9. The summed E-state index contributed by atoms with van der Waals surface area (Å²) in [7, 11) is 1.90. The molecule has 140 valence electrons. The number of nitrogens with one attached hydrogen (secondary N) is 1. The van der Waals surface area contributed by atoms with E-state index < -0.39 is 0 Å². The highest BCUT2D eigenvalue weighted by atomic mass is 32.1. The van der Waals surface area contributed by atoms with Gasteiger partial charge in [0.25, 0.3) is 5.91 Å². The van der Waals surface area contributed by atoms with Crippen molar-refractivity contribution in [2.24, 2.45) is 7.05 Å². The number of nitrogens with zero attached hydrogens (tertiary/aromatic N) is 3. The molecule has 0 saturated heterocycles. The van der Waals surface area contributed by atoms with Crippen LogP contribution in [0.5, 0.6) is 5.75 Å². The zero-order valence-electron chi connectivity index (χ0n) is 15.2. The van der Waals surface area contributed by atoms with Crippen LogP contribution in [0, 0.1) is 0 Å². The molecule has 0 radical (unpaired) electrons. The molecular formula is C21H18N4O2S. The first-order valence-electron chi connectivity index (χ1n) is 8.72. The van der Waals surface area contributed by atoms with Crippen LogP contribution < -0.4 is 10.1 Å². The number of aryl methyl sites for hydroxylation is 1. The van der Waals surface area contributed by atoms with E-state index in [0.717, 1.165) is 22.5 Å². The van der Waals surface area contributed by atoms with Crippen molar-refractivity contribution in [2.45, 2.75) is 0 Å². The normalized spacial score (nSPS) is 10.6. The number of carbonyl (C=O) groups is 1. The molecular weight excluding hydrogens is 372 g/mol. The Hall–Kier alpha value is -3.45. The summed E-state index contributed by atoms with van der Waals surface area (Å²) in [5.41, 5.74) is 3.74. The van der Waals surface area contributed by atoms with E-state index >= 15 is 0 Å². The third-order valence-corrected chi connectivity index (χ3v) is 4.88. The molecule has 0 fully saturated rings. The molecule has 0 aliphatic carbocycles. The minimum Gasteiger partial charge on any atom is -0.484 e. The minimum absolute atomic E-state index is 0.0684. The minimum atomic E-state index is -0.251. The molecule has 1 N–H and O–H groups in total. The number of aromatic nitrogens is 3. The number of hydrogen-bond donors (Lipinski definition) is 1. The van der Waals surface area contributed by atoms with Gasteiger partial charge in [-0.1, -0.05) is 48.5 Å². The highest BCUT2D eigenvalue weighted by molar-refractivity contribution is 7.14. The molecule has 0 unspecified atom stereocenters. The lowest BCUT2D eigenvalue weighted by atomic mass is 10.1. The van der Waals surface area contributed by atoms with Crippen LogP contribution >= 0.6 is 11.3 Å². The summed E-state index contributed by atoms with van der Waals surface area (Å²) in [6, 6.07) is 19.3. The maximum Gasteiger partial charge on any atom is 0.264 e. The fourth-order valence-corrected chi connectivity index (χ4v) is 3.57. The van der Waals surface area contributed by atoms with E-state index in [1.54, 1.807) is 6.20 Å². The molecule has 6 nitrogen and oxygen atoms in total. The standard InChI is InChI=1S/C21H18N4O2S/c1-25-20(15-8-4-2-5-9-15)17(12-22-25)18-14-28-21(23-18)24-19(26)13-27-16-10-6-3-7-11-16/h2-12,14H,13H2,1H3,(H,23,24,26). The second-order valence-electron chi connectivity index (χ2n) is 6.08. The van der Waals surface area contributed by atoms with Gasteiger partial charge in [0, 0.05) is 23.6 Å². The van der Waals surface area contributed by atoms with Gasteiger partial charge in [-0.25, -0.2) is 4.98 Å². The van der Waals surface area contributed by atoms with Crippen LogP contribution in [0.25, 0.3) is 22.5 Å². The number of anilines is 1. The maximum absolute atomic E-state index is 12.1. The van der Waals surface area contributed by atoms with Crippen molar-refractivity contribution in [1.82, 2.24) is 14.8 Å². The van der Waals surface area contributed by atoms with Crippen LogP contribution in [0.2, 0.25) is 0 Å². The highest BCUT2D eigenvalue weighted by Crippen LogP contribution is 2.33. The van der Waals surface area contributed by atoms with Crippen molar-refractivity contribution in [3.05, 3.63) is 72.2 Å². The summed E-state index contributed by atoms with van der Waals surface area (Å²) >= 11 is 1.37. The number of rotatable bonds is 6. The second kappa shape index (κ2) is 8.06. The zero-order valence-corrected chi connectivity index (χ0v) is 16.0. The number of benzene rings is 2. The van der Waals surface area contributed by atoms with Gasteiger partial charge in [-0.15, -0.1) is 11.3 Å². The van der Waals surface area contributed by atoms with Crippen molar-refractivity contribution in [3.8, 4) is 28.3 Å². The first-order valence-corrected chi connectivity index (χ1v) is 9.59. The Morgan fingerprint density at radius 2 is 1.82 bits per heavy atom. The molecule has 2 aromatic carbocycles. The van der Waals surface area contributed by atoms with E-state index in [1.807, 2.05) is 77.8 Å². The monoisotopic (exact) mass is 390 g/mol. The largest absolute Gasteiger partial charge is 0.484 e. The van der Waals surface area contributed by atoms with Gasteiger partial charge in [0.15, 0.2) is 11.7 Å². The smallest absolute Gasteiger partial charge is 0.264 e. The first-order chi connectivity index (χ1) is 13.7. The predicted molar refractivity (Wildman–Crippen MR) is 110 cm³/mol. The average Bonchev–Trinajstić information content (AvgIpc) is 3.34. The summed E-state index contributed by atoms with van der Waals surface area (Å²) in [4.78, 5) is 16.7. The Labute approximate surface area is 166 Å². The number of amides is 1. The summed E-state index contributed by atoms with van der Waals surface area (Å²) in [6.07, 6.45) is 1.79. The van der Waals surface area contributed by atoms with Crippen molar-refractivity contribution in [3.63, 3.8) is 0 Å². The van der Waals surface area contributed by atoms with Crippen molar-refractivity contribution in [2.75, 3.05) is 11.9 Å². The Bertz CT molecular complexity index is 1070. The number of hydrogen-bond acceptors (Lipinski definition) is 5. The van der Waals surface area contributed by atoms with Crippen molar-refractivity contribution >= 4 is 22.4 Å². The number of thiazole rings is 1. The molecule has 0 aliphatic heterocycles. The van der Waals surface area contributed by atoms with Gasteiger partial charge in [-0.3, -0.25) is 14.8 Å². The molecule has 0 atom stereocenters. The fourth-order valence-electron chi connectivity index (χ4n) is 2.84. The molecule has 0 saturated carbocycles. The zero-order chi connectivity index (χ0) is 19.3. The lowest BCUT2D eigenvalue weighted by molar-refractivity contribution is -0.118. The molecule has 28 heavy (non-hydrogen) atoms. The third-order valence-electron chi connectivity index (χ3n) is 4.13. The van der Waals surface area contributed by atoms with Crippen LogP contribution in [0.3, 0.4) is 0 Å². The predicted octanol–water partition coefficient (Wildman–Crippen LogP) is 4.23. The summed E-state index contributed by atoms with van der Waals surface area (Å²) < 4.78 is 7.29. The molecule has 0 spiro atoms. The molecule has 2 aromatic heterocycles. The van der Waals surface area contributed by atoms with Crippen LogP contribution in [-0.2, 0) is 11.8 Å². The van der Waals surface area contributed by atoms with Crippen LogP contribution in [0.4, 0.5) is 5.13 Å². The molecule has 7 heteroatoms. The lowest BCUT2D eigenvalue weighted by Crippen LogP contribution is -2.20. The number of carbonyl (C=O) groups excluding carboxylic acids is 1. The second-order valence-corrected chi connectivity index (χ2v) is 6.94. The van der Waals surface area contributed by atoms with Crippen molar-refractivity contribution < 1.29 is 9.53 Å². The van der Waals surface area contributed by atoms with E-state index in [1.165, 1.54) is 11.3 Å². The Kier molecular flexibility index (Phi) is 5.16. The summed E-state index contributed by atoms with van der Waals surface area (Å²) in [5.74, 6) is 0.402. The number of ether oxygens (including phenoxy) is 1. The van der Waals surface area contributed by atoms with Gasteiger partial charge in [0.1, 0.15) is 5.75 Å². The Balaban J connectivity index is 1.47. The number of para-hydroxylation sites is 1. The quantitative estimate of drug-likeness (QED) is 0.535. The van der Waals surface area contributed by atoms with Gasteiger partial charge in [-0.05, 0) is 12.1 Å². The van der Waals surface area contributed by atoms with E-state index in [0.29, 0.717) is 10.9 Å². The summed E-state index contributed by atoms with van der Waals surface area (Å²) in [5, 5.41) is 9.60. The lowest BCUT2D eigenvalue weighted by Gasteiger charge is -2.05. The maximum atomic E-state index is 12.1. The molecule has 4 rings (SSSR count). The Morgan fingerprint density at radius 1 is 1.11 bits per heavy atom. The van der Waals surface area contributed by atoms with E-state index in [-0.39, 0.29) is 12.5 Å². The fraction of sp³-hybridized carbons (Fsp3) is 0.0952. The van der Waals surface area contributed by atoms with Crippen LogP contribution in [-0.4, -0.2) is 27.3 Å². The Morgan fingerprint density at radius 3 is 2.57 bits per heavy atom. The molecule has 0 bridgehead atoms. The van der Waals surface area contributed by atoms with Gasteiger partial charge in [-0.2, -0.15) is 5.10 Å². The van der Waals surface area contributed by atoms with Gasteiger partial charge >= 0.3 is 0 Å². The summed E-state index contributed by atoms with van der Waals surface area (Å²) in [6.45, 7) is -0.0684. The highest BCUT2D eigenvalue weighted by Gasteiger charge is 2.16. The van der Waals surface area contributed by atoms with Crippen LogP contribution in [0.1, 0.15) is 0 Å². The SMILES string of the molecule is Cn1ncc(-c2csc(NC(=O)COc3ccccc3)n2)c1-c1ccccc1. The molecule has 0 aliphatic rings. The van der Waals surface area contributed by atoms with Gasteiger partial charge in [0.05, 0.1) is 17.6 Å². The molecule has 2 heterocycles. The van der Waals surface area contributed by atoms with Crippen molar-refractivity contribution in [1.29, 1.82) is 0 Å². The van der Waals surface area contributed by atoms with E-state index in [9.17, 15) is 4.79 Å². The average molecular weight is 390 g/mol. The van der Waals surface area contributed by atoms with E-state index in [4.69, 9.17) is 4.74 Å². The molecule has 1 amide bonds. The van der Waals surface area contributed by atoms with E-state index in [2.05, 4.69) is 15.4 Å². The van der Waals surface area contributed by atoms with Gasteiger partial charge in [0.2, 0.25) is 0 Å². The topological polar surface area (TPSA) is 69.0 Å². The van der Waals surface area contributed by atoms with Crippen LogP contribution in [0.15, 0.2) is 72.2 Å².